The summed E-state index contributed by atoms with van der Waals surface area (Å²) in [4.78, 5) is 45.8. The van der Waals surface area contributed by atoms with Crippen molar-refractivity contribution in [3.63, 3.8) is 0 Å². The maximum atomic E-state index is 12.5. The lowest BCUT2D eigenvalue weighted by molar-refractivity contribution is -0.491. The summed E-state index contributed by atoms with van der Waals surface area (Å²) in [5.41, 5.74) is 2.17. The number of carbonyl (C=O) groups excluding carboxylic acids is 2. The maximum Gasteiger partial charge on any atom is 0.304 e. The standard InChI is InChI=1S/C36H51NO8/c1-2-3-4-5-6-7-8-9-10-11-12-14-19-33(28-34(38)39)36(41)37-24-25-43-45-44-27-26-42-29-30-20-22-32(23-21-30)35(40)31-17-15-13-16-18-31/h13,15-18,20-25,33H,2-12,14,19,26-29H2,1H3,(H,37,41)(H,38,39). The fourth-order valence-corrected chi connectivity index (χ4v) is 4.91. The molecule has 9 nitrogen and oxygen atoms in total. The number of ether oxygens (including phenoxy) is 1. The number of amides is 1. The number of carbonyl (C=O) groups is 3. The van der Waals surface area contributed by atoms with Crippen LogP contribution in [0.2, 0.25) is 0 Å². The number of carboxylic acids is 1. The Kier molecular flexibility index (Phi) is 20.7. The summed E-state index contributed by atoms with van der Waals surface area (Å²) >= 11 is 0. The van der Waals surface area contributed by atoms with Crippen molar-refractivity contribution in [3.8, 4) is 0 Å². The first kappa shape index (κ1) is 37.7. The highest BCUT2D eigenvalue weighted by atomic mass is 17.5. The highest BCUT2D eigenvalue weighted by Gasteiger charge is 2.20. The summed E-state index contributed by atoms with van der Waals surface area (Å²) < 4.78 is 5.54. The molecule has 0 heterocycles. The summed E-state index contributed by atoms with van der Waals surface area (Å²) in [5, 5.41) is 16.3. The van der Waals surface area contributed by atoms with Crippen LogP contribution < -0.4 is 5.32 Å². The van der Waals surface area contributed by atoms with E-state index in [9.17, 15) is 19.5 Å². The second-order valence-electron chi connectivity index (χ2n) is 11.2. The smallest absolute Gasteiger partial charge is 0.304 e. The Labute approximate surface area is 268 Å². The van der Waals surface area contributed by atoms with Crippen LogP contribution >= 0.6 is 0 Å². The van der Waals surface area contributed by atoms with Gasteiger partial charge in [-0.15, -0.1) is 0 Å². The molecule has 0 aromatic heterocycles. The summed E-state index contributed by atoms with van der Waals surface area (Å²) in [6, 6.07) is 16.4. The van der Waals surface area contributed by atoms with Crippen molar-refractivity contribution < 1.29 is 39.0 Å². The van der Waals surface area contributed by atoms with Crippen LogP contribution in [0.15, 0.2) is 67.1 Å². The quantitative estimate of drug-likeness (QED) is 0.0336. The molecule has 1 amide bonds. The molecule has 2 N–H and O–H groups in total. The number of hydrogen-bond acceptors (Lipinski definition) is 7. The van der Waals surface area contributed by atoms with E-state index in [0.29, 0.717) is 24.2 Å². The van der Waals surface area contributed by atoms with Gasteiger partial charge in [-0.25, -0.2) is 0 Å². The Hall–Kier alpha value is -3.53. The predicted octanol–water partition coefficient (Wildman–Crippen LogP) is 8.08. The van der Waals surface area contributed by atoms with Crippen molar-refractivity contribution in [2.75, 3.05) is 13.2 Å². The number of unbranched alkanes of at least 4 members (excludes halogenated alkanes) is 11. The Balaban J connectivity index is 1.49. The molecule has 0 aliphatic heterocycles. The highest BCUT2D eigenvalue weighted by molar-refractivity contribution is 6.08. The fourth-order valence-electron chi connectivity index (χ4n) is 4.91. The number of ketones is 1. The molecule has 0 saturated heterocycles. The van der Waals surface area contributed by atoms with Crippen LogP contribution in [0.3, 0.4) is 0 Å². The molecule has 0 bridgehead atoms. The van der Waals surface area contributed by atoms with Gasteiger partial charge in [-0.2, -0.15) is 4.89 Å². The topological polar surface area (TPSA) is 120 Å². The molecule has 2 aromatic rings. The van der Waals surface area contributed by atoms with E-state index in [1.54, 1.807) is 24.3 Å². The lowest BCUT2D eigenvalue weighted by Gasteiger charge is -2.13. The number of rotatable bonds is 27. The minimum Gasteiger partial charge on any atom is -0.481 e. The molecule has 248 valence electrons. The lowest BCUT2D eigenvalue weighted by Crippen LogP contribution is -2.28. The molecule has 0 spiro atoms. The second kappa shape index (κ2) is 24.8. The van der Waals surface area contributed by atoms with Gasteiger partial charge in [0.1, 0.15) is 12.9 Å². The third-order valence-corrected chi connectivity index (χ3v) is 7.47. The molecule has 1 unspecified atom stereocenters. The van der Waals surface area contributed by atoms with Crippen molar-refractivity contribution in [2.24, 2.45) is 5.92 Å². The fraction of sp³-hybridized carbons (Fsp3) is 0.528. The minimum absolute atomic E-state index is 0.0304. The zero-order valence-corrected chi connectivity index (χ0v) is 26.8. The van der Waals surface area contributed by atoms with Gasteiger partial charge in [-0.05, 0) is 17.0 Å². The van der Waals surface area contributed by atoms with Gasteiger partial charge in [0, 0.05) is 23.2 Å². The molecule has 9 heteroatoms. The Morgan fingerprint density at radius 3 is 2.00 bits per heavy atom. The first-order valence-electron chi connectivity index (χ1n) is 16.4. The van der Waals surface area contributed by atoms with E-state index >= 15 is 0 Å². The van der Waals surface area contributed by atoms with Crippen LogP contribution in [0, 0.1) is 5.92 Å². The first-order chi connectivity index (χ1) is 22.0. The Bertz CT molecular complexity index is 1100. The number of hydrogen-bond donors (Lipinski definition) is 2. The van der Waals surface area contributed by atoms with Crippen LogP contribution in [0.1, 0.15) is 118 Å². The Morgan fingerprint density at radius 1 is 0.778 bits per heavy atom. The SMILES string of the molecule is CCCCCCCCCCCCCCC(CC(=O)O)C(=O)NC=COOOCCOCc1ccc(C(=O)c2ccccc2)cc1. The van der Waals surface area contributed by atoms with Crippen LogP contribution in [-0.2, 0) is 35.7 Å². The molecule has 0 fully saturated rings. The van der Waals surface area contributed by atoms with Gasteiger partial charge in [0.2, 0.25) is 5.91 Å². The normalized spacial score (nSPS) is 11.8. The lowest BCUT2D eigenvalue weighted by atomic mass is 9.96. The van der Waals surface area contributed by atoms with E-state index < -0.39 is 11.9 Å². The van der Waals surface area contributed by atoms with Gasteiger partial charge >= 0.3 is 5.97 Å². The predicted molar refractivity (Wildman–Crippen MR) is 173 cm³/mol. The van der Waals surface area contributed by atoms with Gasteiger partial charge in [0.25, 0.3) is 0 Å². The molecular weight excluding hydrogens is 574 g/mol. The van der Waals surface area contributed by atoms with Crippen molar-refractivity contribution >= 4 is 17.7 Å². The molecule has 45 heavy (non-hydrogen) atoms. The van der Waals surface area contributed by atoms with E-state index in [-0.39, 0.29) is 31.3 Å². The van der Waals surface area contributed by atoms with E-state index in [0.717, 1.165) is 31.1 Å². The zero-order valence-electron chi connectivity index (χ0n) is 26.8. The largest absolute Gasteiger partial charge is 0.481 e. The van der Waals surface area contributed by atoms with Crippen molar-refractivity contribution in [1.29, 1.82) is 0 Å². The van der Waals surface area contributed by atoms with E-state index in [1.165, 1.54) is 64.0 Å². The van der Waals surface area contributed by atoms with Crippen molar-refractivity contribution in [2.45, 2.75) is 103 Å². The maximum absolute atomic E-state index is 12.5. The molecule has 2 aromatic carbocycles. The molecule has 0 aliphatic carbocycles. The summed E-state index contributed by atoms with van der Waals surface area (Å²) in [7, 11) is 0. The number of aliphatic carboxylic acids is 1. The zero-order chi connectivity index (χ0) is 32.4. The van der Waals surface area contributed by atoms with Crippen LogP contribution in [0.25, 0.3) is 0 Å². The van der Waals surface area contributed by atoms with Crippen molar-refractivity contribution in [1.82, 2.24) is 5.32 Å². The molecular formula is C36H51NO8. The third-order valence-electron chi connectivity index (χ3n) is 7.47. The molecule has 1 atom stereocenters. The van der Waals surface area contributed by atoms with Gasteiger partial charge in [-0.1, -0.05) is 139 Å². The number of carboxylic acid groups (broad SMARTS) is 1. The van der Waals surface area contributed by atoms with Gasteiger partial charge in [-0.3, -0.25) is 14.4 Å². The van der Waals surface area contributed by atoms with Crippen LogP contribution in [0.4, 0.5) is 0 Å². The van der Waals surface area contributed by atoms with Crippen molar-refractivity contribution in [3.05, 3.63) is 83.7 Å². The molecule has 0 radical (unpaired) electrons. The van der Waals surface area contributed by atoms with Gasteiger partial charge in [0.05, 0.1) is 19.6 Å². The summed E-state index contributed by atoms with van der Waals surface area (Å²) in [6.45, 7) is 2.92. The monoisotopic (exact) mass is 625 g/mol. The van der Waals surface area contributed by atoms with Gasteiger partial charge in [0.15, 0.2) is 5.78 Å². The van der Waals surface area contributed by atoms with Gasteiger partial charge < -0.3 is 20.0 Å². The molecule has 2 rings (SSSR count). The number of benzene rings is 2. The minimum atomic E-state index is -0.997. The third kappa shape index (κ3) is 18.1. The summed E-state index contributed by atoms with van der Waals surface area (Å²) in [5.74, 6) is -2.00. The Morgan fingerprint density at radius 2 is 1.38 bits per heavy atom. The average molecular weight is 626 g/mol. The average Bonchev–Trinajstić information content (AvgIpc) is 3.05. The molecule has 0 saturated carbocycles. The van der Waals surface area contributed by atoms with E-state index in [4.69, 9.17) is 14.5 Å². The number of nitrogens with one attached hydrogen (secondary N) is 1. The first-order valence-corrected chi connectivity index (χ1v) is 16.4. The van der Waals surface area contributed by atoms with Crippen LogP contribution in [0.5, 0.6) is 0 Å². The van der Waals surface area contributed by atoms with E-state index in [2.05, 4.69) is 17.3 Å². The summed E-state index contributed by atoms with van der Waals surface area (Å²) in [6.07, 6.45) is 17.2. The molecule has 0 aliphatic rings. The second-order valence-corrected chi connectivity index (χ2v) is 11.2. The van der Waals surface area contributed by atoms with E-state index in [1.807, 2.05) is 30.3 Å². The highest BCUT2D eigenvalue weighted by Crippen LogP contribution is 2.17. The van der Waals surface area contributed by atoms with Crippen LogP contribution in [-0.4, -0.2) is 36.0 Å².